The molecule has 0 unspecified atom stereocenters. The lowest BCUT2D eigenvalue weighted by Gasteiger charge is -2.14. The van der Waals surface area contributed by atoms with E-state index >= 15 is 0 Å². The lowest BCUT2D eigenvalue weighted by Crippen LogP contribution is -2.28. The number of hydrogen-bond acceptors (Lipinski definition) is 2. The second-order valence-electron chi connectivity index (χ2n) is 5.26. The highest BCUT2D eigenvalue weighted by Gasteiger charge is 2.14. The van der Waals surface area contributed by atoms with Crippen molar-refractivity contribution in [2.45, 2.75) is 33.2 Å². The van der Waals surface area contributed by atoms with E-state index in [9.17, 15) is 4.79 Å². The number of carbonyl (C=O) groups excluding carboxylic acids is 1. The zero-order chi connectivity index (χ0) is 14.7. The molecule has 0 spiro atoms. The first-order valence-electron chi connectivity index (χ1n) is 6.80. The summed E-state index contributed by atoms with van der Waals surface area (Å²) in [5.41, 5.74) is 4.37. The molecule has 2 rings (SSSR count). The molecule has 0 bridgehead atoms. The number of aryl methyl sites for hydroxylation is 2. The van der Waals surface area contributed by atoms with Crippen LogP contribution in [0.1, 0.15) is 35.3 Å². The van der Waals surface area contributed by atoms with Crippen LogP contribution in [0.5, 0.6) is 0 Å². The van der Waals surface area contributed by atoms with Gasteiger partial charge >= 0.3 is 0 Å². The number of amides is 1. The first-order chi connectivity index (χ1) is 9.47. The maximum absolute atomic E-state index is 12.1. The first kappa shape index (κ1) is 14.3. The van der Waals surface area contributed by atoms with Crippen molar-refractivity contribution < 1.29 is 4.79 Å². The highest BCUT2D eigenvalue weighted by Crippen LogP contribution is 2.16. The van der Waals surface area contributed by atoms with Crippen LogP contribution in [-0.4, -0.2) is 15.7 Å². The zero-order valence-electron chi connectivity index (χ0n) is 12.5. The summed E-state index contributed by atoms with van der Waals surface area (Å²) in [6.45, 7) is 6.03. The van der Waals surface area contributed by atoms with E-state index in [1.165, 1.54) is 5.56 Å². The van der Waals surface area contributed by atoms with Crippen molar-refractivity contribution in [3.63, 3.8) is 0 Å². The molecule has 1 amide bonds. The van der Waals surface area contributed by atoms with E-state index in [0.717, 1.165) is 16.8 Å². The van der Waals surface area contributed by atoms with Crippen LogP contribution in [-0.2, 0) is 18.3 Å². The summed E-state index contributed by atoms with van der Waals surface area (Å²) >= 11 is 0. The number of nitrogens with zero attached hydrogens (tertiary/aromatic N) is 2. The van der Waals surface area contributed by atoms with Gasteiger partial charge in [0.15, 0.2) is 0 Å². The minimum absolute atomic E-state index is 0.0263. The molecule has 0 aliphatic rings. The third-order valence-electron chi connectivity index (χ3n) is 3.60. The third-order valence-corrected chi connectivity index (χ3v) is 3.60. The second-order valence-corrected chi connectivity index (χ2v) is 5.26. The molecule has 106 valence electrons. The van der Waals surface area contributed by atoms with Crippen molar-refractivity contribution in [3.05, 3.63) is 52.8 Å². The Morgan fingerprint density at radius 2 is 1.95 bits per heavy atom. The lowest BCUT2D eigenvalue weighted by atomic mass is 10.1. The van der Waals surface area contributed by atoms with E-state index in [-0.39, 0.29) is 11.9 Å². The molecule has 1 N–H and O–H groups in total. The molecule has 1 atom stereocenters. The maximum atomic E-state index is 12.1. The SMILES string of the molecule is Cc1ccc(CC(=O)N[C@@H](C)c2cnn(C)c2C)cc1. The quantitative estimate of drug-likeness (QED) is 0.928. The summed E-state index contributed by atoms with van der Waals surface area (Å²) in [6, 6.07) is 8.01. The number of aromatic nitrogens is 2. The smallest absolute Gasteiger partial charge is 0.224 e. The molecule has 0 radical (unpaired) electrons. The highest BCUT2D eigenvalue weighted by atomic mass is 16.1. The maximum Gasteiger partial charge on any atom is 0.224 e. The molecule has 0 saturated carbocycles. The number of benzene rings is 1. The van der Waals surface area contributed by atoms with Gasteiger partial charge < -0.3 is 5.32 Å². The van der Waals surface area contributed by atoms with E-state index in [2.05, 4.69) is 10.4 Å². The van der Waals surface area contributed by atoms with Crippen molar-refractivity contribution >= 4 is 5.91 Å². The fourth-order valence-corrected chi connectivity index (χ4v) is 2.20. The van der Waals surface area contributed by atoms with Crippen LogP contribution in [0.2, 0.25) is 0 Å². The van der Waals surface area contributed by atoms with E-state index in [0.29, 0.717) is 6.42 Å². The summed E-state index contributed by atoms with van der Waals surface area (Å²) in [5.74, 6) is 0.0320. The van der Waals surface area contributed by atoms with Crippen molar-refractivity contribution in [3.8, 4) is 0 Å². The van der Waals surface area contributed by atoms with Crippen molar-refractivity contribution in [2.75, 3.05) is 0 Å². The van der Waals surface area contributed by atoms with Gasteiger partial charge in [0, 0.05) is 18.3 Å². The van der Waals surface area contributed by atoms with E-state index in [1.807, 2.05) is 63.0 Å². The topological polar surface area (TPSA) is 46.9 Å². The average Bonchev–Trinajstić information content (AvgIpc) is 2.73. The van der Waals surface area contributed by atoms with Crippen LogP contribution in [0, 0.1) is 13.8 Å². The molecular formula is C16H21N3O. The molecule has 20 heavy (non-hydrogen) atoms. The summed E-state index contributed by atoms with van der Waals surface area (Å²) in [5, 5.41) is 7.22. The van der Waals surface area contributed by atoms with Gasteiger partial charge in [-0.2, -0.15) is 5.10 Å². The Balaban J connectivity index is 1.97. The molecule has 1 aromatic carbocycles. The number of carbonyl (C=O) groups is 1. The summed E-state index contributed by atoms with van der Waals surface area (Å²) < 4.78 is 1.82. The lowest BCUT2D eigenvalue weighted by molar-refractivity contribution is -0.121. The first-order valence-corrected chi connectivity index (χ1v) is 6.80. The molecule has 0 aliphatic heterocycles. The Hall–Kier alpha value is -2.10. The molecule has 4 heteroatoms. The molecule has 4 nitrogen and oxygen atoms in total. The van der Waals surface area contributed by atoms with Crippen LogP contribution < -0.4 is 5.32 Å². The van der Waals surface area contributed by atoms with Crippen LogP contribution in [0.4, 0.5) is 0 Å². The zero-order valence-corrected chi connectivity index (χ0v) is 12.5. The molecule has 1 aromatic heterocycles. The van der Waals surface area contributed by atoms with E-state index in [1.54, 1.807) is 0 Å². The Morgan fingerprint density at radius 3 is 2.50 bits per heavy atom. The normalized spacial score (nSPS) is 12.2. The summed E-state index contributed by atoms with van der Waals surface area (Å²) in [7, 11) is 1.90. The van der Waals surface area contributed by atoms with Gasteiger partial charge in [-0.15, -0.1) is 0 Å². The summed E-state index contributed by atoms with van der Waals surface area (Å²) in [6.07, 6.45) is 2.22. The number of nitrogens with one attached hydrogen (secondary N) is 1. The van der Waals surface area contributed by atoms with Gasteiger partial charge in [-0.25, -0.2) is 0 Å². The highest BCUT2D eigenvalue weighted by molar-refractivity contribution is 5.79. The van der Waals surface area contributed by atoms with Gasteiger partial charge in [-0.1, -0.05) is 29.8 Å². The molecular weight excluding hydrogens is 250 g/mol. The van der Waals surface area contributed by atoms with Gasteiger partial charge in [-0.05, 0) is 26.3 Å². The Morgan fingerprint density at radius 1 is 1.30 bits per heavy atom. The van der Waals surface area contributed by atoms with E-state index < -0.39 is 0 Å². The van der Waals surface area contributed by atoms with Gasteiger partial charge in [0.25, 0.3) is 0 Å². The van der Waals surface area contributed by atoms with Crippen LogP contribution in [0.15, 0.2) is 30.5 Å². The minimum atomic E-state index is -0.0263. The molecule has 0 saturated heterocycles. The van der Waals surface area contributed by atoms with Gasteiger partial charge in [0.1, 0.15) is 0 Å². The Labute approximate surface area is 119 Å². The minimum Gasteiger partial charge on any atom is -0.349 e. The van der Waals surface area contributed by atoms with Gasteiger partial charge in [0.05, 0.1) is 18.7 Å². The van der Waals surface area contributed by atoms with Crippen LogP contribution in [0.3, 0.4) is 0 Å². The van der Waals surface area contributed by atoms with Crippen molar-refractivity contribution in [1.82, 2.24) is 15.1 Å². The Kier molecular flexibility index (Phi) is 4.23. The predicted molar refractivity (Wildman–Crippen MR) is 79.4 cm³/mol. The second kappa shape index (κ2) is 5.90. The average molecular weight is 271 g/mol. The number of rotatable bonds is 4. The molecule has 2 aromatic rings. The van der Waals surface area contributed by atoms with Crippen LogP contribution in [0.25, 0.3) is 0 Å². The van der Waals surface area contributed by atoms with Crippen molar-refractivity contribution in [2.24, 2.45) is 7.05 Å². The van der Waals surface area contributed by atoms with Gasteiger partial charge in [0.2, 0.25) is 5.91 Å². The molecule has 0 aliphatic carbocycles. The monoisotopic (exact) mass is 271 g/mol. The third kappa shape index (κ3) is 3.26. The molecule has 0 fully saturated rings. The van der Waals surface area contributed by atoms with Crippen molar-refractivity contribution in [1.29, 1.82) is 0 Å². The van der Waals surface area contributed by atoms with Crippen LogP contribution >= 0.6 is 0 Å². The Bertz CT molecular complexity index is 599. The summed E-state index contributed by atoms with van der Waals surface area (Å²) in [4.78, 5) is 12.1. The fourth-order valence-electron chi connectivity index (χ4n) is 2.20. The predicted octanol–water partition coefficient (Wildman–Crippen LogP) is 2.46. The largest absolute Gasteiger partial charge is 0.349 e. The van der Waals surface area contributed by atoms with Gasteiger partial charge in [-0.3, -0.25) is 9.48 Å². The fraction of sp³-hybridized carbons (Fsp3) is 0.375. The van der Waals surface area contributed by atoms with E-state index in [4.69, 9.17) is 0 Å². The molecule has 1 heterocycles. The standard InChI is InChI=1S/C16H21N3O/c1-11-5-7-14(8-6-11)9-16(20)18-12(2)15-10-17-19(4)13(15)3/h5-8,10,12H,9H2,1-4H3,(H,18,20)/t12-/m0/s1. The number of hydrogen-bond donors (Lipinski definition) is 1.